The zero-order valence-corrected chi connectivity index (χ0v) is 12.5. The topological polar surface area (TPSA) is 45.2 Å². The molecule has 1 aliphatic heterocycles. The Kier molecular flexibility index (Phi) is 3.80. The molecule has 108 valence electrons. The van der Waals surface area contributed by atoms with Crippen LogP contribution in [0.15, 0.2) is 36.5 Å². The first-order valence-corrected chi connectivity index (χ1v) is 7.24. The van der Waals surface area contributed by atoms with E-state index < -0.39 is 0 Å². The van der Waals surface area contributed by atoms with Crippen molar-refractivity contribution in [2.45, 2.75) is 13.0 Å². The Hall–Kier alpha value is -2.07. The van der Waals surface area contributed by atoms with Crippen molar-refractivity contribution in [1.82, 2.24) is 10.3 Å². The maximum Gasteiger partial charge on any atom is 0.253 e. The third-order valence-electron chi connectivity index (χ3n) is 3.71. The van der Waals surface area contributed by atoms with E-state index in [0.717, 1.165) is 18.5 Å². The van der Waals surface area contributed by atoms with Crippen LogP contribution in [0.5, 0.6) is 0 Å². The number of aromatic nitrogens is 1. The van der Waals surface area contributed by atoms with Crippen LogP contribution in [0.4, 0.5) is 5.69 Å². The van der Waals surface area contributed by atoms with Crippen molar-refractivity contribution in [3.05, 3.63) is 58.4 Å². The summed E-state index contributed by atoms with van der Waals surface area (Å²) in [6.45, 7) is 1.57. The number of amides is 1. The van der Waals surface area contributed by atoms with Crippen LogP contribution < -0.4 is 10.2 Å². The molecule has 0 atom stereocenters. The number of hydrogen-bond acceptors (Lipinski definition) is 3. The number of hydrogen-bond donors (Lipinski definition) is 1. The van der Waals surface area contributed by atoms with Crippen LogP contribution in [-0.4, -0.2) is 24.5 Å². The second-order valence-electron chi connectivity index (χ2n) is 5.19. The number of carbonyl (C=O) groups excluding carboxylic acids is 1. The highest BCUT2D eigenvalue weighted by molar-refractivity contribution is 6.29. The molecule has 1 aromatic heterocycles. The van der Waals surface area contributed by atoms with Gasteiger partial charge in [-0.3, -0.25) is 4.79 Å². The number of benzene rings is 1. The van der Waals surface area contributed by atoms with Crippen molar-refractivity contribution in [2.24, 2.45) is 0 Å². The molecule has 1 N–H and O–H groups in total. The van der Waals surface area contributed by atoms with E-state index in [-0.39, 0.29) is 5.91 Å². The fourth-order valence-electron chi connectivity index (χ4n) is 2.52. The van der Waals surface area contributed by atoms with Gasteiger partial charge in [0.15, 0.2) is 0 Å². The number of pyridine rings is 1. The van der Waals surface area contributed by atoms with Gasteiger partial charge in [0.2, 0.25) is 0 Å². The van der Waals surface area contributed by atoms with Crippen LogP contribution in [0.1, 0.15) is 21.5 Å². The number of nitrogens with one attached hydrogen (secondary N) is 1. The average Bonchev–Trinajstić information content (AvgIpc) is 2.86. The zero-order chi connectivity index (χ0) is 14.8. The minimum absolute atomic E-state index is 0.142. The first-order chi connectivity index (χ1) is 10.1. The molecule has 2 aromatic rings. The van der Waals surface area contributed by atoms with E-state index in [0.29, 0.717) is 17.3 Å². The number of halogens is 1. The lowest BCUT2D eigenvalue weighted by Crippen LogP contribution is -2.22. The van der Waals surface area contributed by atoms with Gasteiger partial charge in [0, 0.05) is 32.0 Å². The fraction of sp³-hybridized carbons (Fsp3) is 0.250. The fourth-order valence-corrected chi connectivity index (χ4v) is 2.64. The van der Waals surface area contributed by atoms with Gasteiger partial charge in [-0.15, -0.1) is 0 Å². The molecule has 1 amide bonds. The van der Waals surface area contributed by atoms with Crippen LogP contribution in [-0.2, 0) is 13.0 Å². The van der Waals surface area contributed by atoms with Crippen LogP contribution in [0, 0.1) is 0 Å². The summed E-state index contributed by atoms with van der Waals surface area (Å²) in [5, 5.41) is 3.29. The Labute approximate surface area is 128 Å². The molecule has 0 spiro atoms. The molecule has 2 heterocycles. The van der Waals surface area contributed by atoms with Gasteiger partial charge in [0.25, 0.3) is 5.91 Å². The molecule has 0 unspecified atom stereocenters. The van der Waals surface area contributed by atoms with Gasteiger partial charge in [0.1, 0.15) is 5.15 Å². The smallest absolute Gasteiger partial charge is 0.253 e. The Morgan fingerprint density at radius 3 is 3.00 bits per heavy atom. The van der Waals surface area contributed by atoms with E-state index in [9.17, 15) is 4.79 Å². The summed E-state index contributed by atoms with van der Waals surface area (Å²) in [6.07, 6.45) is 2.55. The van der Waals surface area contributed by atoms with Crippen LogP contribution in [0.25, 0.3) is 0 Å². The summed E-state index contributed by atoms with van der Waals surface area (Å²) in [4.78, 5) is 18.2. The largest absolute Gasteiger partial charge is 0.374 e. The van der Waals surface area contributed by atoms with Crippen LogP contribution in [0.3, 0.4) is 0 Å². The molecule has 1 aromatic carbocycles. The number of anilines is 1. The Morgan fingerprint density at radius 2 is 2.24 bits per heavy atom. The van der Waals surface area contributed by atoms with Crippen molar-refractivity contribution in [3.8, 4) is 0 Å². The number of carbonyl (C=O) groups is 1. The number of fused-ring (bicyclic) bond motifs is 1. The molecule has 0 saturated carbocycles. The summed E-state index contributed by atoms with van der Waals surface area (Å²) in [7, 11) is 2.10. The summed E-state index contributed by atoms with van der Waals surface area (Å²) >= 11 is 5.71. The molecule has 4 nitrogen and oxygen atoms in total. The Bertz CT molecular complexity index is 670. The molecule has 0 saturated heterocycles. The van der Waals surface area contributed by atoms with E-state index >= 15 is 0 Å². The maximum atomic E-state index is 12.0. The Balaban J connectivity index is 1.65. The van der Waals surface area contributed by atoms with Gasteiger partial charge >= 0.3 is 0 Å². The van der Waals surface area contributed by atoms with Crippen molar-refractivity contribution < 1.29 is 4.79 Å². The molecular formula is C16H16ClN3O. The first kappa shape index (κ1) is 13.9. The average molecular weight is 302 g/mol. The summed E-state index contributed by atoms with van der Waals surface area (Å²) in [6, 6.07) is 9.62. The second-order valence-corrected chi connectivity index (χ2v) is 5.57. The SMILES string of the molecule is CN1CCc2cc(CNC(=O)c3ccc(Cl)nc3)ccc21. The lowest BCUT2D eigenvalue weighted by atomic mass is 10.1. The Morgan fingerprint density at radius 1 is 1.38 bits per heavy atom. The van der Waals surface area contributed by atoms with E-state index in [2.05, 4.69) is 40.4 Å². The molecule has 0 fully saturated rings. The molecule has 0 radical (unpaired) electrons. The third kappa shape index (κ3) is 3.00. The number of rotatable bonds is 3. The van der Waals surface area contributed by atoms with Crippen LogP contribution >= 0.6 is 11.6 Å². The number of nitrogens with zero attached hydrogens (tertiary/aromatic N) is 2. The third-order valence-corrected chi connectivity index (χ3v) is 3.94. The lowest BCUT2D eigenvalue weighted by Gasteiger charge is -2.12. The van der Waals surface area contributed by atoms with Gasteiger partial charge < -0.3 is 10.2 Å². The predicted molar refractivity (Wildman–Crippen MR) is 83.8 cm³/mol. The standard InChI is InChI=1S/C16H16ClN3O/c1-20-7-6-12-8-11(2-4-14(12)20)9-19-16(21)13-3-5-15(17)18-10-13/h2-5,8,10H,6-7,9H2,1H3,(H,19,21). The van der Waals surface area contributed by atoms with E-state index in [1.807, 2.05) is 0 Å². The highest BCUT2D eigenvalue weighted by Gasteiger charge is 2.15. The van der Waals surface area contributed by atoms with E-state index in [1.54, 1.807) is 12.1 Å². The quantitative estimate of drug-likeness (QED) is 0.887. The first-order valence-electron chi connectivity index (χ1n) is 6.86. The molecular weight excluding hydrogens is 286 g/mol. The van der Waals surface area contributed by atoms with E-state index in [4.69, 9.17) is 11.6 Å². The highest BCUT2D eigenvalue weighted by atomic mass is 35.5. The van der Waals surface area contributed by atoms with Gasteiger partial charge in [-0.25, -0.2) is 4.98 Å². The predicted octanol–water partition coefficient (Wildman–Crippen LogP) is 2.66. The minimum atomic E-state index is -0.142. The molecule has 0 bridgehead atoms. The maximum absolute atomic E-state index is 12.0. The molecule has 5 heteroatoms. The monoisotopic (exact) mass is 301 g/mol. The molecule has 3 rings (SSSR count). The molecule has 0 aliphatic carbocycles. The molecule has 21 heavy (non-hydrogen) atoms. The van der Waals surface area contributed by atoms with Crippen molar-refractivity contribution in [2.75, 3.05) is 18.5 Å². The lowest BCUT2D eigenvalue weighted by molar-refractivity contribution is 0.0950. The van der Waals surface area contributed by atoms with Gasteiger partial charge in [-0.2, -0.15) is 0 Å². The van der Waals surface area contributed by atoms with E-state index in [1.165, 1.54) is 17.4 Å². The number of likely N-dealkylation sites (N-methyl/N-ethyl adjacent to an activating group) is 1. The van der Waals surface area contributed by atoms with Gasteiger partial charge in [0.05, 0.1) is 5.56 Å². The normalized spacial score (nSPS) is 13.1. The highest BCUT2D eigenvalue weighted by Crippen LogP contribution is 2.27. The summed E-state index contributed by atoms with van der Waals surface area (Å²) < 4.78 is 0. The second kappa shape index (κ2) is 5.74. The van der Waals surface area contributed by atoms with Gasteiger partial charge in [-0.05, 0) is 35.7 Å². The van der Waals surface area contributed by atoms with Crippen molar-refractivity contribution in [3.63, 3.8) is 0 Å². The van der Waals surface area contributed by atoms with Gasteiger partial charge in [-0.1, -0.05) is 23.7 Å². The minimum Gasteiger partial charge on any atom is -0.374 e. The summed E-state index contributed by atoms with van der Waals surface area (Å²) in [5.41, 5.74) is 4.25. The van der Waals surface area contributed by atoms with Crippen LogP contribution in [0.2, 0.25) is 5.15 Å². The van der Waals surface area contributed by atoms with Crippen molar-refractivity contribution >= 4 is 23.2 Å². The van der Waals surface area contributed by atoms with Crippen molar-refractivity contribution in [1.29, 1.82) is 0 Å². The summed E-state index contributed by atoms with van der Waals surface area (Å²) in [5.74, 6) is -0.142. The zero-order valence-electron chi connectivity index (χ0n) is 11.8. The molecule has 1 aliphatic rings.